The largest absolute Gasteiger partial charge is 0.453 e. The van der Waals surface area contributed by atoms with Crippen molar-refractivity contribution >= 4 is 46.5 Å². The van der Waals surface area contributed by atoms with Crippen molar-refractivity contribution in [1.82, 2.24) is 10.2 Å². The number of rotatable bonds is 9. The summed E-state index contributed by atoms with van der Waals surface area (Å²) in [7, 11) is 0. The van der Waals surface area contributed by atoms with E-state index in [1.54, 1.807) is 12.1 Å². The normalized spacial score (nSPS) is 15.0. The van der Waals surface area contributed by atoms with Crippen LogP contribution in [0.5, 0.6) is 0 Å². The number of imide groups is 1. The molecule has 10 heteroatoms. The van der Waals surface area contributed by atoms with Gasteiger partial charge in [0.15, 0.2) is 6.10 Å². The number of benzene rings is 1. The first-order chi connectivity index (χ1) is 12.9. The van der Waals surface area contributed by atoms with Crippen molar-refractivity contribution in [3.05, 3.63) is 30.1 Å². The lowest BCUT2D eigenvalue weighted by Gasteiger charge is -2.16. The summed E-state index contributed by atoms with van der Waals surface area (Å²) in [6.45, 7) is 1.63. The van der Waals surface area contributed by atoms with Gasteiger partial charge in [-0.25, -0.2) is 4.39 Å². The maximum atomic E-state index is 12.8. The van der Waals surface area contributed by atoms with Gasteiger partial charge in [-0.3, -0.25) is 24.1 Å². The van der Waals surface area contributed by atoms with E-state index >= 15 is 0 Å². The maximum absolute atomic E-state index is 12.8. The van der Waals surface area contributed by atoms with Crippen molar-refractivity contribution in [3.8, 4) is 0 Å². The van der Waals surface area contributed by atoms with Gasteiger partial charge in [-0.15, -0.1) is 11.8 Å². The molecule has 1 saturated heterocycles. The zero-order valence-electron chi connectivity index (χ0n) is 14.6. The molecular formula is C17H19FN2O5S2. The molecule has 146 valence electrons. The fourth-order valence-electron chi connectivity index (χ4n) is 2.12. The van der Waals surface area contributed by atoms with Gasteiger partial charge in [-0.05, 0) is 31.2 Å². The van der Waals surface area contributed by atoms with E-state index in [1.807, 2.05) is 0 Å². The number of halogens is 1. The molecule has 3 amide bonds. The second-order valence-corrected chi connectivity index (χ2v) is 7.67. The molecule has 1 heterocycles. The fourth-order valence-corrected chi connectivity index (χ4v) is 3.71. The molecule has 1 aliphatic rings. The van der Waals surface area contributed by atoms with Gasteiger partial charge in [0.05, 0.1) is 12.2 Å². The quantitative estimate of drug-likeness (QED) is 0.488. The number of amides is 3. The van der Waals surface area contributed by atoms with E-state index in [1.165, 1.54) is 30.8 Å². The van der Waals surface area contributed by atoms with Gasteiger partial charge >= 0.3 is 5.97 Å². The first kappa shape index (κ1) is 21.2. The molecular weight excluding hydrogens is 395 g/mol. The van der Waals surface area contributed by atoms with Crippen molar-refractivity contribution in [3.63, 3.8) is 0 Å². The Hall–Kier alpha value is -2.07. The van der Waals surface area contributed by atoms with Gasteiger partial charge in [0.25, 0.3) is 11.1 Å². The number of nitrogens with zero attached hydrogens (tertiary/aromatic N) is 1. The van der Waals surface area contributed by atoms with Crippen LogP contribution < -0.4 is 5.32 Å². The van der Waals surface area contributed by atoms with Crippen molar-refractivity contribution in [1.29, 1.82) is 0 Å². The Bertz CT molecular complexity index is 698. The summed E-state index contributed by atoms with van der Waals surface area (Å²) in [6.07, 6.45) is -0.874. The Balaban J connectivity index is 1.62. The number of hydrogen-bond donors (Lipinski definition) is 1. The molecule has 0 bridgehead atoms. The lowest BCUT2D eigenvalue weighted by atomic mass is 10.3. The Kier molecular flexibility index (Phi) is 8.11. The average molecular weight is 414 g/mol. The Morgan fingerprint density at radius 1 is 1.33 bits per heavy atom. The SMILES string of the molecule is C[C@H](OC(=O)CCSc1ccc(F)cc1)C(=O)NCCN1C(=O)CSC1=O. The molecule has 1 aromatic rings. The van der Waals surface area contributed by atoms with Crippen LogP contribution in [0.3, 0.4) is 0 Å². The van der Waals surface area contributed by atoms with E-state index in [-0.39, 0.29) is 42.2 Å². The summed E-state index contributed by atoms with van der Waals surface area (Å²) >= 11 is 2.31. The highest BCUT2D eigenvalue weighted by atomic mass is 32.2. The van der Waals surface area contributed by atoms with Crippen LogP contribution in [0, 0.1) is 5.82 Å². The van der Waals surface area contributed by atoms with Crippen molar-refractivity contribution in [2.24, 2.45) is 0 Å². The first-order valence-corrected chi connectivity index (χ1v) is 10.2. The van der Waals surface area contributed by atoms with Crippen molar-refractivity contribution < 1.29 is 28.3 Å². The molecule has 0 unspecified atom stereocenters. The highest BCUT2D eigenvalue weighted by molar-refractivity contribution is 8.14. The second kappa shape index (κ2) is 10.3. The fraction of sp³-hybridized carbons (Fsp3) is 0.412. The van der Waals surface area contributed by atoms with E-state index in [2.05, 4.69) is 5.32 Å². The van der Waals surface area contributed by atoms with E-state index < -0.39 is 18.0 Å². The summed E-state index contributed by atoms with van der Waals surface area (Å²) < 4.78 is 17.9. The molecule has 7 nitrogen and oxygen atoms in total. The van der Waals surface area contributed by atoms with Gasteiger partial charge in [0.2, 0.25) is 5.91 Å². The standard InChI is InChI=1S/C17H19FN2O5S2/c1-11(16(23)19-7-8-20-14(21)10-27-17(20)24)25-15(22)6-9-26-13-4-2-12(18)3-5-13/h2-5,11H,6-10H2,1H3,(H,19,23)/t11-/m0/s1. The maximum Gasteiger partial charge on any atom is 0.307 e. The topological polar surface area (TPSA) is 92.8 Å². The van der Waals surface area contributed by atoms with Crippen LogP contribution in [0.2, 0.25) is 0 Å². The van der Waals surface area contributed by atoms with Crippen LogP contribution in [-0.4, -0.2) is 58.6 Å². The van der Waals surface area contributed by atoms with Crippen LogP contribution in [0.15, 0.2) is 29.2 Å². The highest BCUT2D eigenvalue weighted by Crippen LogP contribution is 2.19. The summed E-state index contributed by atoms with van der Waals surface area (Å²) in [5.41, 5.74) is 0. The second-order valence-electron chi connectivity index (χ2n) is 5.58. The van der Waals surface area contributed by atoms with E-state index in [4.69, 9.17) is 4.74 Å². The summed E-state index contributed by atoms with van der Waals surface area (Å²) in [5.74, 6) is -1.06. The number of thioether (sulfide) groups is 2. The Morgan fingerprint density at radius 2 is 2.04 bits per heavy atom. The third-order valence-corrected chi connectivity index (χ3v) is 5.41. The predicted octanol–water partition coefficient (Wildman–Crippen LogP) is 2.05. The zero-order chi connectivity index (χ0) is 19.8. The molecule has 1 N–H and O–H groups in total. The minimum absolute atomic E-state index is 0.0887. The van der Waals surface area contributed by atoms with Gasteiger partial charge in [0.1, 0.15) is 5.82 Å². The molecule has 1 aliphatic heterocycles. The lowest BCUT2D eigenvalue weighted by Crippen LogP contribution is -2.41. The van der Waals surface area contributed by atoms with Gasteiger partial charge < -0.3 is 10.1 Å². The lowest BCUT2D eigenvalue weighted by molar-refractivity contribution is -0.154. The number of carbonyl (C=O) groups excluding carboxylic acids is 4. The first-order valence-electron chi connectivity index (χ1n) is 8.19. The van der Waals surface area contributed by atoms with Gasteiger partial charge in [-0.2, -0.15) is 0 Å². The molecule has 1 atom stereocenters. The third kappa shape index (κ3) is 6.87. The zero-order valence-corrected chi connectivity index (χ0v) is 16.2. The molecule has 1 aromatic carbocycles. The minimum atomic E-state index is -0.979. The summed E-state index contributed by atoms with van der Waals surface area (Å²) in [6, 6.07) is 5.93. The molecule has 2 rings (SSSR count). The molecule has 0 aromatic heterocycles. The minimum Gasteiger partial charge on any atom is -0.453 e. The predicted molar refractivity (Wildman–Crippen MR) is 99.9 cm³/mol. The Morgan fingerprint density at radius 3 is 2.67 bits per heavy atom. The number of hydrogen-bond acceptors (Lipinski definition) is 7. The van der Waals surface area contributed by atoms with Gasteiger partial charge in [-0.1, -0.05) is 11.8 Å². The Labute approximate surface area is 164 Å². The van der Waals surface area contributed by atoms with E-state index in [9.17, 15) is 23.6 Å². The molecule has 0 saturated carbocycles. The van der Waals surface area contributed by atoms with E-state index in [0.29, 0.717) is 5.75 Å². The molecule has 0 spiro atoms. The summed E-state index contributed by atoms with van der Waals surface area (Å²) in [4.78, 5) is 48.5. The van der Waals surface area contributed by atoms with Crippen LogP contribution in [0.4, 0.5) is 9.18 Å². The summed E-state index contributed by atoms with van der Waals surface area (Å²) in [5, 5.41) is 2.20. The monoisotopic (exact) mass is 414 g/mol. The molecule has 0 aliphatic carbocycles. The number of esters is 1. The van der Waals surface area contributed by atoms with Crippen molar-refractivity contribution in [2.45, 2.75) is 24.3 Å². The van der Waals surface area contributed by atoms with Crippen molar-refractivity contribution in [2.75, 3.05) is 24.6 Å². The van der Waals surface area contributed by atoms with Gasteiger partial charge in [0, 0.05) is 23.7 Å². The smallest absolute Gasteiger partial charge is 0.307 e. The van der Waals surface area contributed by atoms with Crippen LogP contribution in [0.25, 0.3) is 0 Å². The number of ether oxygens (including phenoxy) is 1. The average Bonchev–Trinajstić information content (AvgIpc) is 2.95. The molecule has 27 heavy (non-hydrogen) atoms. The highest BCUT2D eigenvalue weighted by Gasteiger charge is 2.29. The van der Waals surface area contributed by atoms with E-state index in [0.717, 1.165) is 21.6 Å². The molecule has 1 fully saturated rings. The van der Waals surface area contributed by atoms with Crippen LogP contribution in [-0.2, 0) is 19.1 Å². The number of nitrogens with one attached hydrogen (secondary N) is 1. The third-order valence-electron chi connectivity index (χ3n) is 3.54. The number of carbonyl (C=O) groups is 4. The van der Waals surface area contributed by atoms with Crippen LogP contribution in [0.1, 0.15) is 13.3 Å². The van der Waals surface area contributed by atoms with Crippen LogP contribution >= 0.6 is 23.5 Å². The molecule has 0 radical (unpaired) electrons.